The van der Waals surface area contributed by atoms with Crippen molar-refractivity contribution in [3.8, 4) is 17.1 Å². The molecule has 1 aromatic carbocycles. The van der Waals surface area contributed by atoms with E-state index >= 15 is 0 Å². The van der Waals surface area contributed by atoms with Crippen LogP contribution in [0, 0.1) is 0 Å². The number of sulfonamides is 1. The average molecular weight is 448 g/mol. The van der Waals surface area contributed by atoms with Crippen LogP contribution in [0.1, 0.15) is 0 Å². The summed E-state index contributed by atoms with van der Waals surface area (Å²) in [6.07, 6.45) is 1.64. The van der Waals surface area contributed by atoms with E-state index in [9.17, 15) is 8.42 Å². The number of hydrogen-bond acceptors (Lipinski definition) is 8. The highest BCUT2D eigenvalue weighted by Crippen LogP contribution is 2.24. The third-order valence-electron chi connectivity index (χ3n) is 4.15. The molecule has 31 heavy (non-hydrogen) atoms. The molecule has 0 saturated heterocycles. The van der Waals surface area contributed by atoms with Gasteiger partial charge in [0.05, 0.1) is 24.7 Å². The average Bonchev–Trinajstić information content (AvgIpc) is 3.21. The van der Waals surface area contributed by atoms with Gasteiger partial charge in [-0.2, -0.15) is 5.10 Å². The predicted octanol–water partition coefficient (Wildman–Crippen LogP) is 2.63. The van der Waals surface area contributed by atoms with E-state index in [-0.39, 0.29) is 12.4 Å². The molecule has 0 radical (unpaired) electrons. The molecule has 3 rings (SSSR count). The Balaban J connectivity index is 1.62. The Labute approximate surface area is 181 Å². The number of anilines is 3. The number of rotatable bonds is 12. The first-order chi connectivity index (χ1) is 15.0. The van der Waals surface area contributed by atoms with Gasteiger partial charge in [-0.15, -0.1) is 0 Å². The maximum Gasteiger partial charge on any atom is 0.234 e. The zero-order valence-electron chi connectivity index (χ0n) is 17.3. The maximum absolute atomic E-state index is 12.0. The number of pyridine rings is 1. The second-order valence-corrected chi connectivity index (χ2v) is 8.35. The lowest BCUT2D eigenvalue weighted by atomic mass is 10.1. The van der Waals surface area contributed by atoms with Gasteiger partial charge in [0.25, 0.3) is 0 Å². The molecule has 0 atom stereocenters. The fourth-order valence-corrected chi connectivity index (χ4v) is 3.60. The fraction of sp³-hybridized carbons (Fsp3) is 0.300. The molecule has 0 spiro atoms. The summed E-state index contributed by atoms with van der Waals surface area (Å²) in [5.41, 5.74) is 2.90. The van der Waals surface area contributed by atoms with Crippen LogP contribution in [0.2, 0.25) is 0 Å². The lowest BCUT2D eigenvalue weighted by Crippen LogP contribution is -2.19. The van der Waals surface area contributed by atoms with Crippen molar-refractivity contribution in [2.45, 2.75) is 0 Å². The topological polar surface area (TPSA) is 127 Å². The second kappa shape index (κ2) is 10.8. The van der Waals surface area contributed by atoms with Gasteiger partial charge in [-0.25, -0.2) is 13.4 Å². The maximum atomic E-state index is 12.0. The summed E-state index contributed by atoms with van der Waals surface area (Å²) >= 11 is 0. The minimum absolute atomic E-state index is 0.102. The molecule has 0 aliphatic carbocycles. The van der Waals surface area contributed by atoms with Crippen LogP contribution in [0.25, 0.3) is 11.3 Å². The van der Waals surface area contributed by atoms with Crippen LogP contribution in [0.3, 0.4) is 0 Å². The van der Waals surface area contributed by atoms with Crippen molar-refractivity contribution in [3.63, 3.8) is 0 Å². The number of aromatic amines is 1. The van der Waals surface area contributed by atoms with Crippen molar-refractivity contribution in [2.24, 2.45) is 0 Å². The molecular weight excluding hydrogens is 422 g/mol. The molecule has 0 saturated carbocycles. The van der Waals surface area contributed by atoms with Crippen molar-refractivity contribution < 1.29 is 22.6 Å². The van der Waals surface area contributed by atoms with Gasteiger partial charge in [-0.1, -0.05) is 12.1 Å². The molecule has 0 unspecified atom stereocenters. The predicted molar refractivity (Wildman–Crippen MR) is 118 cm³/mol. The lowest BCUT2D eigenvalue weighted by molar-refractivity contribution is 0.144. The van der Waals surface area contributed by atoms with E-state index < -0.39 is 10.0 Å². The van der Waals surface area contributed by atoms with E-state index in [1.165, 1.54) is 7.11 Å². The molecule has 0 fully saturated rings. The highest BCUT2D eigenvalue weighted by molar-refractivity contribution is 7.92. The Bertz CT molecular complexity index is 1070. The molecule has 2 heterocycles. The lowest BCUT2D eigenvalue weighted by Gasteiger charge is -2.08. The quantitative estimate of drug-likeness (QED) is 0.362. The molecule has 0 aliphatic rings. The Morgan fingerprint density at radius 3 is 2.48 bits per heavy atom. The summed E-state index contributed by atoms with van der Waals surface area (Å²) in [4.78, 5) is 4.15. The van der Waals surface area contributed by atoms with Crippen molar-refractivity contribution >= 4 is 27.2 Å². The zero-order chi connectivity index (χ0) is 22.1. The first-order valence-electron chi connectivity index (χ1n) is 9.49. The van der Waals surface area contributed by atoms with Crippen molar-refractivity contribution in [1.82, 2.24) is 15.2 Å². The van der Waals surface area contributed by atoms with Gasteiger partial charge >= 0.3 is 0 Å². The zero-order valence-corrected chi connectivity index (χ0v) is 18.1. The highest BCUT2D eigenvalue weighted by atomic mass is 32.2. The van der Waals surface area contributed by atoms with Gasteiger partial charge in [0.15, 0.2) is 5.82 Å². The van der Waals surface area contributed by atoms with Crippen molar-refractivity contribution in [1.29, 1.82) is 0 Å². The molecular formula is C20H25N5O5S. The molecule has 0 amide bonds. The molecule has 10 nitrogen and oxygen atoms in total. The van der Waals surface area contributed by atoms with E-state index in [1.54, 1.807) is 43.6 Å². The SMILES string of the molecule is COCCOc1cc(Nc2cc(-c3ccc(NS(=O)(=O)CCOC)cc3)[nH]n2)ccn1. The highest BCUT2D eigenvalue weighted by Gasteiger charge is 2.11. The fourth-order valence-electron chi connectivity index (χ4n) is 2.62. The van der Waals surface area contributed by atoms with Crippen LogP contribution >= 0.6 is 0 Å². The Hall–Kier alpha value is -3.15. The van der Waals surface area contributed by atoms with E-state index in [0.717, 1.165) is 16.9 Å². The van der Waals surface area contributed by atoms with E-state index in [1.807, 2.05) is 12.1 Å². The third kappa shape index (κ3) is 6.95. The number of benzene rings is 1. The molecule has 3 aromatic rings. The van der Waals surface area contributed by atoms with Crippen molar-refractivity contribution in [3.05, 3.63) is 48.7 Å². The minimum atomic E-state index is -3.44. The summed E-state index contributed by atoms with van der Waals surface area (Å²) in [5, 5.41) is 10.4. The standard InChI is InChI=1S/C20H25N5O5S/c1-28-9-10-30-20-13-17(7-8-21-20)22-19-14-18(23-24-19)15-3-5-16(6-4-15)25-31(26,27)12-11-29-2/h3-8,13-14,25H,9-12H2,1-2H3,(H2,21,22,23,24). The van der Waals surface area contributed by atoms with E-state index in [4.69, 9.17) is 14.2 Å². The number of nitrogens with zero attached hydrogens (tertiary/aromatic N) is 2. The Kier molecular flexibility index (Phi) is 7.82. The van der Waals surface area contributed by atoms with Crippen molar-refractivity contribution in [2.75, 3.05) is 49.8 Å². The number of hydrogen-bond donors (Lipinski definition) is 3. The van der Waals surface area contributed by atoms with Gasteiger partial charge in [0.1, 0.15) is 6.61 Å². The summed E-state index contributed by atoms with van der Waals surface area (Å²) in [6.45, 7) is 1.03. The van der Waals surface area contributed by atoms with Crippen LogP contribution in [0.4, 0.5) is 17.2 Å². The largest absolute Gasteiger partial charge is 0.475 e. The summed E-state index contributed by atoms with van der Waals surface area (Å²) in [7, 11) is -0.373. The van der Waals surface area contributed by atoms with Crippen LogP contribution in [0.15, 0.2) is 48.7 Å². The Morgan fingerprint density at radius 2 is 1.74 bits per heavy atom. The van der Waals surface area contributed by atoms with Crippen LogP contribution < -0.4 is 14.8 Å². The Morgan fingerprint density at radius 1 is 0.968 bits per heavy atom. The summed E-state index contributed by atoms with van der Waals surface area (Å²) in [6, 6.07) is 12.4. The molecule has 3 N–H and O–H groups in total. The van der Waals surface area contributed by atoms with E-state index in [2.05, 4.69) is 25.2 Å². The monoisotopic (exact) mass is 447 g/mol. The molecule has 11 heteroatoms. The van der Waals surface area contributed by atoms with Gasteiger partial charge in [-0.3, -0.25) is 9.82 Å². The number of aromatic nitrogens is 3. The van der Waals surface area contributed by atoms with E-state index in [0.29, 0.717) is 30.6 Å². The van der Waals surface area contributed by atoms with Crippen LogP contribution in [-0.4, -0.2) is 63.4 Å². The molecule has 166 valence electrons. The molecule has 0 bridgehead atoms. The van der Waals surface area contributed by atoms with Gasteiger partial charge in [-0.05, 0) is 23.8 Å². The number of nitrogens with one attached hydrogen (secondary N) is 3. The second-order valence-electron chi connectivity index (χ2n) is 6.51. The molecule has 2 aromatic heterocycles. The summed E-state index contributed by atoms with van der Waals surface area (Å²) in [5.74, 6) is 1.00. The van der Waals surface area contributed by atoms with Gasteiger partial charge in [0.2, 0.25) is 15.9 Å². The van der Waals surface area contributed by atoms with Gasteiger partial charge in [0, 0.05) is 43.9 Å². The van der Waals surface area contributed by atoms with Gasteiger partial charge < -0.3 is 19.5 Å². The first kappa shape index (κ1) is 22.5. The number of H-pyrrole nitrogens is 1. The first-order valence-corrected chi connectivity index (χ1v) is 11.1. The number of ether oxygens (including phenoxy) is 3. The molecule has 0 aliphatic heterocycles. The van der Waals surface area contributed by atoms with Crippen LogP contribution in [0.5, 0.6) is 5.88 Å². The third-order valence-corrected chi connectivity index (χ3v) is 5.40. The smallest absolute Gasteiger partial charge is 0.234 e. The summed E-state index contributed by atoms with van der Waals surface area (Å²) < 4.78 is 41.7. The normalized spacial score (nSPS) is 11.3. The van der Waals surface area contributed by atoms with Crippen LogP contribution in [-0.2, 0) is 19.5 Å². The minimum Gasteiger partial charge on any atom is -0.475 e. The number of methoxy groups -OCH3 is 2.